The van der Waals surface area contributed by atoms with E-state index in [2.05, 4.69) is 10.3 Å². The van der Waals surface area contributed by atoms with Crippen molar-refractivity contribution in [2.75, 3.05) is 6.54 Å². The number of hydrogen-bond acceptors (Lipinski definition) is 6. The molecule has 1 aliphatic heterocycles. The minimum atomic E-state index is -0.327. The topological polar surface area (TPSA) is 90.3 Å². The molecule has 3 rings (SSSR count). The van der Waals surface area contributed by atoms with Crippen molar-refractivity contribution in [3.05, 3.63) is 39.4 Å². The SMILES string of the molecule is Cc1cc2ncn(CC(=O)CC3NCCC3OC(=O)C(C)C)c(=O)c2cc1Cl. The van der Waals surface area contributed by atoms with E-state index in [1.54, 1.807) is 26.0 Å². The second kappa shape index (κ2) is 8.41. The molecule has 7 nitrogen and oxygen atoms in total. The Morgan fingerprint density at radius 1 is 1.39 bits per heavy atom. The lowest BCUT2D eigenvalue weighted by Crippen LogP contribution is -2.37. The monoisotopic (exact) mass is 405 g/mol. The number of nitrogens with zero attached hydrogens (tertiary/aromatic N) is 2. The van der Waals surface area contributed by atoms with Crippen LogP contribution < -0.4 is 10.9 Å². The Morgan fingerprint density at radius 3 is 2.86 bits per heavy atom. The van der Waals surface area contributed by atoms with Gasteiger partial charge in [-0.05, 0) is 37.6 Å². The van der Waals surface area contributed by atoms with Crippen LogP contribution in [0, 0.1) is 12.8 Å². The highest BCUT2D eigenvalue weighted by Crippen LogP contribution is 2.20. The quantitative estimate of drug-likeness (QED) is 0.741. The van der Waals surface area contributed by atoms with Crippen molar-refractivity contribution in [1.82, 2.24) is 14.9 Å². The molecule has 0 bridgehead atoms. The number of carbonyl (C=O) groups is 2. The number of aryl methyl sites for hydroxylation is 1. The molecule has 8 heteroatoms. The smallest absolute Gasteiger partial charge is 0.308 e. The first-order valence-corrected chi connectivity index (χ1v) is 9.75. The number of halogens is 1. The lowest BCUT2D eigenvalue weighted by molar-refractivity contribution is -0.153. The summed E-state index contributed by atoms with van der Waals surface area (Å²) in [7, 11) is 0. The largest absolute Gasteiger partial charge is 0.460 e. The van der Waals surface area contributed by atoms with E-state index in [-0.39, 0.29) is 48.3 Å². The van der Waals surface area contributed by atoms with Crippen LogP contribution in [-0.2, 0) is 20.9 Å². The van der Waals surface area contributed by atoms with Crippen molar-refractivity contribution >= 4 is 34.3 Å². The van der Waals surface area contributed by atoms with Crippen LogP contribution in [0.3, 0.4) is 0 Å². The summed E-state index contributed by atoms with van der Waals surface area (Å²) in [5, 5.41) is 4.08. The lowest BCUT2D eigenvalue weighted by Gasteiger charge is -2.20. The van der Waals surface area contributed by atoms with Gasteiger partial charge in [0.1, 0.15) is 6.10 Å². The third kappa shape index (κ3) is 4.42. The zero-order valence-electron chi connectivity index (χ0n) is 16.2. The standard InChI is InChI=1S/C20H24ClN3O4/c1-11(2)20(27)28-18-4-5-22-17(18)7-13(25)9-24-10-23-16-6-12(3)15(21)8-14(16)19(24)26/h6,8,10-11,17-18,22H,4-5,7,9H2,1-3H3. The summed E-state index contributed by atoms with van der Waals surface area (Å²) in [6, 6.07) is 3.10. The molecule has 0 saturated carbocycles. The molecule has 2 atom stereocenters. The number of Topliss-reactive ketones (excluding diaryl/α,β-unsaturated/α-hetero) is 1. The number of aromatic nitrogens is 2. The Labute approximate surface area is 168 Å². The van der Waals surface area contributed by atoms with Gasteiger partial charge in [0.15, 0.2) is 5.78 Å². The summed E-state index contributed by atoms with van der Waals surface area (Å²) < 4.78 is 6.79. The average molecular weight is 406 g/mol. The van der Waals surface area contributed by atoms with Gasteiger partial charge < -0.3 is 10.1 Å². The molecule has 1 fully saturated rings. The summed E-state index contributed by atoms with van der Waals surface area (Å²) in [6.45, 7) is 5.99. The molecule has 2 aromatic rings. The van der Waals surface area contributed by atoms with Gasteiger partial charge in [-0.3, -0.25) is 19.0 Å². The van der Waals surface area contributed by atoms with Crippen LogP contribution in [0.2, 0.25) is 5.02 Å². The maximum absolute atomic E-state index is 12.7. The molecule has 1 aliphatic rings. The summed E-state index contributed by atoms with van der Waals surface area (Å²) in [5.74, 6) is -0.616. The predicted molar refractivity (Wildman–Crippen MR) is 106 cm³/mol. The number of hydrogen-bond donors (Lipinski definition) is 1. The van der Waals surface area contributed by atoms with E-state index in [1.165, 1.54) is 10.9 Å². The number of fused-ring (bicyclic) bond motifs is 1. The Balaban J connectivity index is 1.71. The average Bonchev–Trinajstić information content (AvgIpc) is 3.05. The van der Waals surface area contributed by atoms with E-state index in [9.17, 15) is 14.4 Å². The van der Waals surface area contributed by atoms with Crippen LogP contribution in [0.1, 0.15) is 32.3 Å². The molecule has 1 aromatic carbocycles. The Hall–Kier alpha value is -2.25. The third-order valence-electron chi connectivity index (χ3n) is 4.92. The lowest BCUT2D eigenvalue weighted by atomic mass is 10.1. The van der Waals surface area contributed by atoms with Crippen LogP contribution in [0.5, 0.6) is 0 Å². The van der Waals surface area contributed by atoms with Gasteiger partial charge in [0.05, 0.1) is 35.7 Å². The zero-order chi connectivity index (χ0) is 20.4. The van der Waals surface area contributed by atoms with E-state index in [4.69, 9.17) is 16.3 Å². The first-order chi connectivity index (χ1) is 13.3. The number of carbonyl (C=O) groups excluding carboxylic acids is 2. The molecule has 2 unspecified atom stereocenters. The van der Waals surface area contributed by atoms with Gasteiger partial charge in [0.25, 0.3) is 5.56 Å². The van der Waals surface area contributed by atoms with Gasteiger partial charge in [-0.1, -0.05) is 25.4 Å². The molecule has 0 radical (unpaired) electrons. The number of nitrogens with one attached hydrogen (secondary N) is 1. The number of ketones is 1. The van der Waals surface area contributed by atoms with Crippen molar-refractivity contribution in [2.24, 2.45) is 5.92 Å². The van der Waals surface area contributed by atoms with E-state index in [1.807, 2.05) is 6.92 Å². The fraction of sp³-hybridized carbons (Fsp3) is 0.500. The molecule has 0 aliphatic carbocycles. The minimum Gasteiger partial charge on any atom is -0.460 e. The molecule has 150 valence electrons. The molecule has 0 spiro atoms. The third-order valence-corrected chi connectivity index (χ3v) is 5.33. The van der Waals surface area contributed by atoms with E-state index < -0.39 is 0 Å². The van der Waals surface area contributed by atoms with Gasteiger partial charge in [-0.15, -0.1) is 0 Å². The van der Waals surface area contributed by atoms with E-state index in [0.717, 1.165) is 5.56 Å². The Morgan fingerprint density at radius 2 is 2.14 bits per heavy atom. The second-order valence-corrected chi connectivity index (χ2v) is 7.93. The van der Waals surface area contributed by atoms with Crippen LogP contribution in [0.15, 0.2) is 23.3 Å². The Kier molecular flexibility index (Phi) is 6.15. The molecule has 2 heterocycles. The highest BCUT2D eigenvalue weighted by Gasteiger charge is 2.32. The first-order valence-electron chi connectivity index (χ1n) is 9.37. The first kappa shape index (κ1) is 20.5. The van der Waals surface area contributed by atoms with Gasteiger partial charge in [0, 0.05) is 11.4 Å². The van der Waals surface area contributed by atoms with Gasteiger partial charge >= 0.3 is 5.97 Å². The predicted octanol–water partition coefficient (Wildman–Crippen LogP) is 2.25. The number of esters is 1. The van der Waals surface area contributed by atoms with Crippen molar-refractivity contribution < 1.29 is 14.3 Å². The normalized spacial score (nSPS) is 19.3. The van der Waals surface area contributed by atoms with Crippen LogP contribution >= 0.6 is 11.6 Å². The fourth-order valence-electron chi connectivity index (χ4n) is 3.27. The van der Waals surface area contributed by atoms with Crippen molar-refractivity contribution in [3.8, 4) is 0 Å². The number of rotatable bonds is 6. The highest BCUT2D eigenvalue weighted by molar-refractivity contribution is 6.32. The zero-order valence-corrected chi connectivity index (χ0v) is 17.0. The molecule has 28 heavy (non-hydrogen) atoms. The second-order valence-electron chi connectivity index (χ2n) is 7.52. The van der Waals surface area contributed by atoms with Crippen LogP contribution in [-0.4, -0.2) is 40.0 Å². The summed E-state index contributed by atoms with van der Waals surface area (Å²) in [4.78, 5) is 41.3. The molecule has 0 amide bonds. The summed E-state index contributed by atoms with van der Waals surface area (Å²) in [5.41, 5.74) is 1.08. The van der Waals surface area contributed by atoms with Crippen molar-refractivity contribution in [3.63, 3.8) is 0 Å². The van der Waals surface area contributed by atoms with Crippen LogP contribution in [0.25, 0.3) is 10.9 Å². The number of ether oxygens (including phenoxy) is 1. The maximum atomic E-state index is 12.7. The van der Waals surface area contributed by atoms with Crippen molar-refractivity contribution in [2.45, 2.75) is 52.3 Å². The summed E-state index contributed by atoms with van der Waals surface area (Å²) >= 11 is 6.12. The van der Waals surface area contributed by atoms with Gasteiger partial charge in [-0.25, -0.2) is 4.98 Å². The van der Waals surface area contributed by atoms with Gasteiger partial charge in [-0.2, -0.15) is 0 Å². The molecule has 1 N–H and O–H groups in total. The van der Waals surface area contributed by atoms with E-state index in [0.29, 0.717) is 28.9 Å². The Bertz CT molecular complexity index is 970. The fourth-order valence-corrected chi connectivity index (χ4v) is 3.43. The molecule has 1 aromatic heterocycles. The molecular weight excluding hydrogens is 382 g/mol. The molecule has 1 saturated heterocycles. The maximum Gasteiger partial charge on any atom is 0.308 e. The minimum absolute atomic E-state index is 0.0870. The van der Waals surface area contributed by atoms with E-state index >= 15 is 0 Å². The summed E-state index contributed by atoms with van der Waals surface area (Å²) in [6.07, 6.45) is 1.90. The highest BCUT2D eigenvalue weighted by atomic mass is 35.5. The van der Waals surface area contributed by atoms with Crippen molar-refractivity contribution in [1.29, 1.82) is 0 Å². The molecular formula is C20H24ClN3O4. The number of benzene rings is 1. The van der Waals surface area contributed by atoms with Crippen LogP contribution in [0.4, 0.5) is 0 Å². The van der Waals surface area contributed by atoms with Gasteiger partial charge in [0.2, 0.25) is 0 Å².